The summed E-state index contributed by atoms with van der Waals surface area (Å²) < 4.78 is 0. The van der Waals surface area contributed by atoms with Crippen LogP contribution >= 0.6 is 0 Å². The van der Waals surface area contributed by atoms with Crippen LogP contribution in [0.2, 0.25) is 0 Å². The van der Waals surface area contributed by atoms with E-state index in [1.165, 1.54) is 6.92 Å². The molecule has 1 saturated heterocycles. The van der Waals surface area contributed by atoms with E-state index >= 15 is 0 Å². The predicted molar refractivity (Wildman–Crippen MR) is 101 cm³/mol. The van der Waals surface area contributed by atoms with Crippen LogP contribution in [0.15, 0.2) is 48.5 Å². The van der Waals surface area contributed by atoms with Crippen molar-refractivity contribution in [3.05, 3.63) is 54.1 Å². The van der Waals surface area contributed by atoms with Gasteiger partial charge in [0.1, 0.15) is 0 Å². The van der Waals surface area contributed by atoms with Crippen molar-refractivity contribution < 1.29 is 14.4 Å². The standard InChI is InChI=1S/C20H21N3O3/c1-13-4-3-5-18(10-13)23-12-15(11-19(23)25)20(26)22-17-8-6-16(7-9-17)21-14(2)24/h3-10,15H,11-12H2,1-2H3,(H,21,24)(H,22,26). The maximum absolute atomic E-state index is 12.5. The number of aryl methyl sites for hydroxylation is 1. The Labute approximate surface area is 152 Å². The quantitative estimate of drug-likeness (QED) is 0.889. The molecule has 3 rings (SSSR count). The van der Waals surface area contributed by atoms with Gasteiger partial charge in [-0.1, -0.05) is 12.1 Å². The number of benzene rings is 2. The van der Waals surface area contributed by atoms with Crippen LogP contribution in [0.4, 0.5) is 17.1 Å². The number of amides is 3. The molecule has 0 saturated carbocycles. The first-order valence-electron chi connectivity index (χ1n) is 8.48. The van der Waals surface area contributed by atoms with E-state index in [1.54, 1.807) is 29.2 Å². The van der Waals surface area contributed by atoms with Gasteiger partial charge in [0.25, 0.3) is 0 Å². The molecule has 1 atom stereocenters. The average Bonchev–Trinajstić information content (AvgIpc) is 2.98. The van der Waals surface area contributed by atoms with Gasteiger partial charge in [-0.15, -0.1) is 0 Å². The summed E-state index contributed by atoms with van der Waals surface area (Å²) in [6.07, 6.45) is 0.198. The molecule has 1 aliphatic heterocycles. The monoisotopic (exact) mass is 351 g/mol. The number of hydrogen-bond acceptors (Lipinski definition) is 3. The molecule has 1 aliphatic rings. The molecule has 2 N–H and O–H groups in total. The summed E-state index contributed by atoms with van der Waals surface area (Å²) in [7, 11) is 0. The molecule has 26 heavy (non-hydrogen) atoms. The number of hydrogen-bond donors (Lipinski definition) is 2. The van der Waals surface area contributed by atoms with Crippen molar-refractivity contribution >= 4 is 34.8 Å². The van der Waals surface area contributed by atoms with E-state index in [9.17, 15) is 14.4 Å². The second kappa shape index (κ2) is 7.39. The van der Waals surface area contributed by atoms with Gasteiger partial charge in [-0.05, 0) is 48.9 Å². The van der Waals surface area contributed by atoms with Gasteiger partial charge in [-0.2, -0.15) is 0 Å². The molecule has 0 spiro atoms. The maximum atomic E-state index is 12.5. The van der Waals surface area contributed by atoms with Crippen LogP contribution < -0.4 is 15.5 Å². The minimum Gasteiger partial charge on any atom is -0.326 e. The lowest BCUT2D eigenvalue weighted by molar-refractivity contribution is -0.122. The SMILES string of the molecule is CC(=O)Nc1ccc(NC(=O)C2CC(=O)N(c3cccc(C)c3)C2)cc1. The van der Waals surface area contributed by atoms with Crippen molar-refractivity contribution in [3.8, 4) is 0 Å². The molecule has 2 aromatic carbocycles. The van der Waals surface area contributed by atoms with Crippen LogP contribution in [0.25, 0.3) is 0 Å². The Bertz CT molecular complexity index is 846. The zero-order valence-corrected chi connectivity index (χ0v) is 14.8. The molecule has 6 nitrogen and oxygen atoms in total. The van der Waals surface area contributed by atoms with E-state index < -0.39 is 5.92 Å². The molecular weight excluding hydrogens is 330 g/mol. The van der Waals surface area contributed by atoms with Crippen molar-refractivity contribution in [2.24, 2.45) is 5.92 Å². The second-order valence-corrected chi connectivity index (χ2v) is 6.49. The smallest absolute Gasteiger partial charge is 0.229 e. The van der Waals surface area contributed by atoms with Crippen molar-refractivity contribution in [3.63, 3.8) is 0 Å². The number of nitrogens with one attached hydrogen (secondary N) is 2. The number of nitrogens with zero attached hydrogens (tertiary/aromatic N) is 1. The summed E-state index contributed by atoms with van der Waals surface area (Å²) in [4.78, 5) is 37.5. The third-order valence-electron chi connectivity index (χ3n) is 4.28. The van der Waals surface area contributed by atoms with Gasteiger partial charge in [0.2, 0.25) is 17.7 Å². The van der Waals surface area contributed by atoms with E-state index in [0.717, 1.165) is 11.3 Å². The number of carbonyl (C=O) groups excluding carboxylic acids is 3. The molecule has 1 unspecified atom stereocenters. The van der Waals surface area contributed by atoms with Crippen LogP contribution in [0.3, 0.4) is 0 Å². The zero-order chi connectivity index (χ0) is 18.7. The summed E-state index contributed by atoms with van der Waals surface area (Å²) in [6.45, 7) is 3.78. The Morgan fingerprint density at radius 2 is 1.69 bits per heavy atom. The predicted octanol–water partition coefficient (Wildman–Crippen LogP) is 2.95. The summed E-state index contributed by atoms with van der Waals surface area (Å²) in [5, 5.41) is 5.51. The number of rotatable bonds is 4. The Balaban J connectivity index is 1.64. The first kappa shape index (κ1) is 17.7. The van der Waals surface area contributed by atoms with Crippen molar-refractivity contribution in [1.82, 2.24) is 0 Å². The molecule has 3 amide bonds. The normalized spacial score (nSPS) is 16.5. The maximum Gasteiger partial charge on any atom is 0.229 e. The Morgan fingerprint density at radius 3 is 2.31 bits per heavy atom. The summed E-state index contributed by atoms with van der Waals surface area (Å²) >= 11 is 0. The topological polar surface area (TPSA) is 78.5 Å². The van der Waals surface area contributed by atoms with E-state index in [-0.39, 0.29) is 24.1 Å². The van der Waals surface area contributed by atoms with E-state index in [4.69, 9.17) is 0 Å². The van der Waals surface area contributed by atoms with Gasteiger partial charge in [0.15, 0.2) is 0 Å². The highest BCUT2D eigenvalue weighted by Crippen LogP contribution is 2.26. The van der Waals surface area contributed by atoms with Crippen LogP contribution in [0, 0.1) is 12.8 Å². The Hall–Kier alpha value is -3.15. The molecule has 0 aromatic heterocycles. The fraction of sp³-hybridized carbons (Fsp3) is 0.250. The first-order valence-corrected chi connectivity index (χ1v) is 8.48. The highest BCUT2D eigenvalue weighted by molar-refractivity contribution is 6.03. The van der Waals surface area contributed by atoms with Crippen molar-refractivity contribution in [2.45, 2.75) is 20.3 Å². The van der Waals surface area contributed by atoms with Crippen molar-refractivity contribution in [1.29, 1.82) is 0 Å². The van der Waals surface area contributed by atoms with Gasteiger partial charge < -0.3 is 15.5 Å². The van der Waals surface area contributed by atoms with Crippen LogP contribution in [-0.4, -0.2) is 24.3 Å². The Kier molecular flexibility index (Phi) is 5.02. The Morgan fingerprint density at radius 1 is 1.04 bits per heavy atom. The number of carbonyl (C=O) groups is 3. The van der Waals surface area contributed by atoms with Gasteiger partial charge in [-0.3, -0.25) is 14.4 Å². The summed E-state index contributed by atoms with van der Waals surface area (Å²) in [5.74, 6) is -0.766. The van der Waals surface area contributed by atoms with Gasteiger partial charge in [0, 0.05) is 37.0 Å². The van der Waals surface area contributed by atoms with Crippen LogP contribution in [-0.2, 0) is 14.4 Å². The third-order valence-corrected chi connectivity index (χ3v) is 4.28. The third kappa shape index (κ3) is 4.08. The summed E-state index contributed by atoms with van der Waals surface area (Å²) in [6, 6.07) is 14.6. The minimum absolute atomic E-state index is 0.0447. The molecule has 1 fully saturated rings. The lowest BCUT2D eigenvalue weighted by Crippen LogP contribution is -2.28. The summed E-state index contributed by atoms with van der Waals surface area (Å²) in [5.41, 5.74) is 3.19. The molecule has 0 bridgehead atoms. The molecule has 134 valence electrons. The molecule has 0 aliphatic carbocycles. The molecule has 0 radical (unpaired) electrons. The fourth-order valence-corrected chi connectivity index (χ4v) is 3.01. The highest BCUT2D eigenvalue weighted by Gasteiger charge is 2.35. The van der Waals surface area contributed by atoms with Gasteiger partial charge in [0.05, 0.1) is 5.92 Å². The van der Waals surface area contributed by atoms with E-state index in [1.807, 2.05) is 31.2 Å². The van der Waals surface area contributed by atoms with Gasteiger partial charge in [-0.25, -0.2) is 0 Å². The van der Waals surface area contributed by atoms with Gasteiger partial charge >= 0.3 is 0 Å². The van der Waals surface area contributed by atoms with Crippen molar-refractivity contribution in [2.75, 3.05) is 22.1 Å². The highest BCUT2D eigenvalue weighted by atomic mass is 16.2. The van der Waals surface area contributed by atoms with E-state index in [2.05, 4.69) is 10.6 Å². The lowest BCUT2D eigenvalue weighted by Gasteiger charge is -2.17. The molecular formula is C20H21N3O3. The van der Waals surface area contributed by atoms with Crippen LogP contribution in [0.5, 0.6) is 0 Å². The molecule has 2 aromatic rings. The number of anilines is 3. The van der Waals surface area contributed by atoms with Crippen LogP contribution in [0.1, 0.15) is 18.9 Å². The molecule has 6 heteroatoms. The zero-order valence-electron chi connectivity index (χ0n) is 14.8. The fourth-order valence-electron chi connectivity index (χ4n) is 3.01. The largest absolute Gasteiger partial charge is 0.326 e. The average molecular weight is 351 g/mol. The van der Waals surface area contributed by atoms with E-state index in [0.29, 0.717) is 17.9 Å². The second-order valence-electron chi connectivity index (χ2n) is 6.49. The molecule has 1 heterocycles. The minimum atomic E-state index is -0.391. The lowest BCUT2D eigenvalue weighted by atomic mass is 10.1. The first-order chi connectivity index (χ1) is 12.4.